The molecule has 0 unspecified atom stereocenters. The third-order valence-electron chi connectivity index (χ3n) is 1.68. The van der Waals surface area contributed by atoms with Gasteiger partial charge in [0, 0.05) is 0 Å². The number of halogens is 1. The normalized spacial score (nSPS) is 18.9. The number of ether oxygens (including phenoxy) is 2. The first-order valence-corrected chi connectivity index (χ1v) is 5.18. The van der Waals surface area contributed by atoms with E-state index < -0.39 is 21.5 Å². The largest absolute Gasteiger partial charge is 0.349 e. The minimum Gasteiger partial charge on any atom is -0.343 e. The van der Waals surface area contributed by atoms with Gasteiger partial charge in [-0.25, -0.2) is 4.98 Å². The van der Waals surface area contributed by atoms with Crippen molar-refractivity contribution in [2.45, 2.75) is 11.3 Å². The summed E-state index contributed by atoms with van der Waals surface area (Å²) < 4.78 is 43.4. The van der Waals surface area contributed by atoms with Gasteiger partial charge in [0.05, 0.1) is 19.4 Å². The van der Waals surface area contributed by atoms with E-state index in [0.717, 1.165) is 6.20 Å². The number of hydrogen-bond donors (Lipinski definition) is 1. The second kappa shape index (κ2) is 3.30. The van der Waals surface area contributed by atoms with Gasteiger partial charge in [0.25, 0.3) is 0 Å². The lowest BCUT2D eigenvalue weighted by Crippen LogP contribution is -2.01. The van der Waals surface area contributed by atoms with Gasteiger partial charge in [-0.1, -0.05) is 3.89 Å². The molecule has 6 nitrogen and oxygen atoms in total. The van der Waals surface area contributed by atoms with Crippen LogP contribution in [0.15, 0.2) is 11.2 Å². The third kappa shape index (κ3) is 1.76. The van der Waals surface area contributed by atoms with Gasteiger partial charge >= 0.3 is 10.2 Å². The first-order valence-electron chi connectivity index (χ1n) is 3.80. The Morgan fingerprint density at radius 2 is 2.14 bits per heavy atom. The average molecular weight is 222 g/mol. The van der Waals surface area contributed by atoms with Gasteiger partial charge in [-0.2, -0.15) is 8.42 Å². The van der Waals surface area contributed by atoms with Crippen LogP contribution < -0.4 is 0 Å². The summed E-state index contributed by atoms with van der Waals surface area (Å²) in [5, 5.41) is -0.591. The molecule has 0 saturated carbocycles. The van der Waals surface area contributed by atoms with Crippen molar-refractivity contribution in [1.29, 1.82) is 0 Å². The highest BCUT2D eigenvalue weighted by Gasteiger charge is 2.24. The number of aromatic amines is 1. The van der Waals surface area contributed by atoms with Crippen LogP contribution in [0.5, 0.6) is 0 Å². The molecule has 2 heterocycles. The van der Waals surface area contributed by atoms with Crippen LogP contribution in [0.3, 0.4) is 0 Å². The van der Waals surface area contributed by atoms with E-state index in [1.807, 2.05) is 0 Å². The summed E-state index contributed by atoms with van der Waals surface area (Å²) in [7, 11) is -4.74. The van der Waals surface area contributed by atoms with E-state index in [9.17, 15) is 12.3 Å². The Labute approximate surface area is 79.3 Å². The number of nitrogens with one attached hydrogen (secondary N) is 1. The molecule has 1 aromatic rings. The van der Waals surface area contributed by atoms with Crippen LogP contribution in [0.1, 0.15) is 12.1 Å². The lowest BCUT2D eigenvalue weighted by atomic mass is 10.6. The molecule has 8 heteroatoms. The van der Waals surface area contributed by atoms with Crippen LogP contribution in [-0.2, 0) is 19.7 Å². The number of rotatable bonds is 2. The van der Waals surface area contributed by atoms with Gasteiger partial charge < -0.3 is 14.5 Å². The molecule has 0 aliphatic carbocycles. The molecule has 0 bridgehead atoms. The zero-order chi connectivity index (χ0) is 10.2. The Kier molecular flexibility index (Phi) is 2.25. The molecular weight excluding hydrogens is 215 g/mol. The molecule has 0 radical (unpaired) electrons. The molecule has 1 saturated heterocycles. The molecule has 0 aromatic carbocycles. The highest BCUT2D eigenvalue weighted by molar-refractivity contribution is 7.86. The first kappa shape index (κ1) is 9.56. The predicted octanol–water partition coefficient (Wildman–Crippen LogP) is 0.113. The maximum atomic E-state index is 12.4. The van der Waals surface area contributed by atoms with Gasteiger partial charge in [0.2, 0.25) is 6.29 Å². The third-order valence-corrected chi connectivity index (χ3v) is 2.41. The first-order chi connectivity index (χ1) is 6.57. The van der Waals surface area contributed by atoms with E-state index in [4.69, 9.17) is 9.47 Å². The van der Waals surface area contributed by atoms with E-state index in [2.05, 4.69) is 9.97 Å². The molecule has 1 aliphatic heterocycles. The number of H-pyrrole nitrogens is 1. The lowest BCUT2D eigenvalue weighted by Gasteiger charge is -2.03. The highest BCUT2D eigenvalue weighted by atomic mass is 32.3. The van der Waals surface area contributed by atoms with Crippen LogP contribution in [0.25, 0.3) is 0 Å². The van der Waals surface area contributed by atoms with Crippen molar-refractivity contribution >= 4 is 10.2 Å². The SMILES string of the molecule is O=S(=O)(F)c1cnc(C2OCCO2)[nH]1. The molecule has 2 rings (SSSR count). The van der Waals surface area contributed by atoms with Crippen LogP contribution >= 0.6 is 0 Å². The van der Waals surface area contributed by atoms with Crippen LogP contribution in [0.4, 0.5) is 3.89 Å². The standard InChI is InChI=1S/C6H7FN2O4S/c7-14(10,11)4-3-8-5(9-4)6-12-1-2-13-6/h3,6H,1-2H2,(H,8,9). The molecule has 14 heavy (non-hydrogen) atoms. The molecule has 78 valence electrons. The lowest BCUT2D eigenvalue weighted by molar-refractivity contribution is -0.0503. The summed E-state index contributed by atoms with van der Waals surface area (Å²) in [5.41, 5.74) is 0. The van der Waals surface area contributed by atoms with Crippen LogP contribution in [-0.4, -0.2) is 31.6 Å². The van der Waals surface area contributed by atoms with Crippen molar-refractivity contribution in [3.8, 4) is 0 Å². The quantitative estimate of drug-likeness (QED) is 0.718. The highest BCUT2D eigenvalue weighted by Crippen LogP contribution is 2.21. The van der Waals surface area contributed by atoms with Gasteiger partial charge in [0.1, 0.15) is 0 Å². The van der Waals surface area contributed by atoms with E-state index in [1.54, 1.807) is 0 Å². The van der Waals surface area contributed by atoms with Crippen molar-refractivity contribution in [3.63, 3.8) is 0 Å². The maximum absolute atomic E-state index is 12.4. The van der Waals surface area contributed by atoms with Gasteiger partial charge in [-0.15, -0.1) is 0 Å². The topological polar surface area (TPSA) is 81.3 Å². The number of hydrogen-bond acceptors (Lipinski definition) is 5. The summed E-state index contributed by atoms with van der Waals surface area (Å²) in [5.74, 6) is 0.152. The smallest absolute Gasteiger partial charge is 0.343 e. The summed E-state index contributed by atoms with van der Waals surface area (Å²) >= 11 is 0. The Morgan fingerprint density at radius 1 is 1.50 bits per heavy atom. The van der Waals surface area contributed by atoms with E-state index >= 15 is 0 Å². The minimum absolute atomic E-state index is 0.152. The van der Waals surface area contributed by atoms with E-state index in [-0.39, 0.29) is 5.82 Å². The molecule has 0 amide bonds. The zero-order valence-corrected chi connectivity index (χ0v) is 7.75. The Morgan fingerprint density at radius 3 is 2.64 bits per heavy atom. The van der Waals surface area contributed by atoms with E-state index in [0.29, 0.717) is 13.2 Å². The number of aromatic nitrogens is 2. The Hall–Kier alpha value is -0.990. The summed E-state index contributed by atoms with van der Waals surface area (Å²) in [6, 6.07) is 0. The van der Waals surface area contributed by atoms with Gasteiger partial charge in [-0.3, -0.25) is 0 Å². The Balaban J connectivity index is 2.25. The Bertz CT molecular complexity index is 423. The van der Waals surface area contributed by atoms with Crippen molar-refractivity contribution in [2.75, 3.05) is 13.2 Å². The average Bonchev–Trinajstić information content (AvgIpc) is 2.73. The summed E-state index contributed by atoms with van der Waals surface area (Å²) in [6.07, 6.45) is 0.154. The number of imidazole rings is 1. The maximum Gasteiger partial charge on any atom is 0.349 e. The molecule has 1 aromatic heterocycles. The number of nitrogens with zero attached hydrogens (tertiary/aromatic N) is 1. The summed E-state index contributed by atoms with van der Waals surface area (Å²) in [6.45, 7) is 0.812. The molecular formula is C6H7FN2O4S. The van der Waals surface area contributed by atoms with Crippen molar-refractivity contribution < 1.29 is 21.8 Å². The second-order valence-electron chi connectivity index (χ2n) is 2.64. The van der Waals surface area contributed by atoms with Crippen molar-refractivity contribution in [2.24, 2.45) is 0 Å². The summed E-state index contributed by atoms with van der Waals surface area (Å²) in [4.78, 5) is 5.91. The van der Waals surface area contributed by atoms with Gasteiger partial charge in [0.15, 0.2) is 10.9 Å². The molecule has 0 atom stereocenters. The molecule has 0 spiro atoms. The predicted molar refractivity (Wildman–Crippen MR) is 41.5 cm³/mol. The van der Waals surface area contributed by atoms with Gasteiger partial charge in [-0.05, 0) is 0 Å². The fraction of sp³-hybridized carbons (Fsp3) is 0.500. The second-order valence-corrected chi connectivity index (χ2v) is 3.96. The van der Waals surface area contributed by atoms with Crippen molar-refractivity contribution in [1.82, 2.24) is 9.97 Å². The fourth-order valence-corrected chi connectivity index (χ4v) is 1.48. The van der Waals surface area contributed by atoms with Crippen LogP contribution in [0.2, 0.25) is 0 Å². The monoisotopic (exact) mass is 222 g/mol. The van der Waals surface area contributed by atoms with Crippen LogP contribution in [0, 0.1) is 0 Å². The molecule has 1 N–H and O–H groups in total. The molecule has 1 aliphatic rings. The molecule has 1 fully saturated rings. The fourth-order valence-electron chi connectivity index (χ4n) is 1.08. The van der Waals surface area contributed by atoms with Crippen molar-refractivity contribution in [3.05, 3.63) is 12.0 Å². The zero-order valence-electron chi connectivity index (χ0n) is 6.94. The van der Waals surface area contributed by atoms with E-state index in [1.165, 1.54) is 0 Å². The minimum atomic E-state index is -4.74.